The van der Waals surface area contributed by atoms with Gasteiger partial charge in [-0.05, 0) is 12.2 Å². The van der Waals surface area contributed by atoms with E-state index in [0.717, 1.165) is 12.4 Å². The molecule has 0 amide bonds. The van der Waals surface area contributed by atoms with Crippen molar-refractivity contribution < 1.29 is 9.84 Å². The van der Waals surface area contributed by atoms with Crippen molar-refractivity contribution in [2.75, 3.05) is 31.3 Å². The Morgan fingerprint density at radius 2 is 1.79 bits per heavy atom. The predicted molar refractivity (Wildman–Crippen MR) is 64.0 cm³/mol. The van der Waals surface area contributed by atoms with Gasteiger partial charge in [-0.1, -0.05) is 32.6 Å². The Labute approximate surface area is 92.4 Å². The van der Waals surface area contributed by atoms with Crippen LogP contribution >= 0.6 is 11.8 Å². The molecule has 0 aliphatic carbocycles. The minimum Gasteiger partial charge on any atom is -0.394 e. The quantitative estimate of drug-likeness (QED) is 0.543. The van der Waals surface area contributed by atoms with Gasteiger partial charge < -0.3 is 9.84 Å². The van der Waals surface area contributed by atoms with Crippen LogP contribution in [0.25, 0.3) is 0 Å². The summed E-state index contributed by atoms with van der Waals surface area (Å²) in [6, 6.07) is 0. The molecule has 0 aliphatic heterocycles. The van der Waals surface area contributed by atoms with E-state index in [1.54, 1.807) is 0 Å². The molecule has 0 radical (unpaired) electrons. The Morgan fingerprint density at radius 1 is 1.00 bits per heavy atom. The molecule has 0 aromatic heterocycles. The van der Waals surface area contributed by atoms with Gasteiger partial charge >= 0.3 is 0 Å². The maximum Gasteiger partial charge on any atom is 0.0698 e. The van der Waals surface area contributed by atoms with Crippen molar-refractivity contribution in [2.24, 2.45) is 0 Å². The zero-order valence-electron chi connectivity index (χ0n) is 9.33. The summed E-state index contributed by atoms with van der Waals surface area (Å²) in [5.41, 5.74) is 0. The maximum atomic E-state index is 8.46. The molecule has 2 nitrogen and oxygen atoms in total. The summed E-state index contributed by atoms with van der Waals surface area (Å²) in [7, 11) is 0. The van der Waals surface area contributed by atoms with Gasteiger partial charge in [0.15, 0.2) is 0 Å². The second-order valence-corrected chi connectivity index (χ2v) is 4.59. The molecular formula is C11H24O2S. The average Bonchev–Trinajstić information content (AvgIpc) is 2.21. The first-order chi connectivity index (χ1) is 6.91. The number of aliphatic hydroxyl groups is 1. The summed E-state index contributed by atoms with van der Waals surface area (Å²) in [6.45, 7) is 3.65. The SMILES string of the molecule is CCCCCCCSCCOCCO. The molecule has 0 saturated heterocycles. The standard InChI is InChI=1S/C11H24O2S/c1-2-3-4-5-6-10-14-11-9-13-8-7-12/h12H,2-11H2,1H3. The Morgan fingerprint density at radius 3 is 2.50 bits per heavy atom. The van der Waals surface area contributed by atoms with Crippen LogP contribution in [0.4, 0.5) is 0 Å². The van der Waals surface area contributed by atoms with Crippen molar-refractivity contribution in [3.63, 3.8) is 0 Å². The molecule has 0 unspecified atom stereocenters. The third-order valence-corrected chi connectivity index (χ3v) is 3.03. The minimum absolute atomic E-state index is 0.141. The highest BCUT2D eigenvalue weighted by atomic mass is 32.2. The number of thioether (sulfide) groups is 1. The van der Waals surface area contributed by atoms with E-state index in [0.29, 0.717) is 6.61 Å². The third kappa shape index (κ3) is 12.3. The molecule has 0 bridgehead atoms. The van der Waals surface area contributed by atoms with Crippen molar-refractivity contribution >= 4 is 11.8 Å². The lowest BCUT2D eigenvalue weighted by Crippen LogP contribution is -2.02. The van der Waals surface area contributed by atoms with Gasteiger partial charge in [-0.15, -0.1) is 0 Å². The van der Waals surface area contributed by atoms with E-state index in [2.05, 4.69) is 6.92 Å². The number of unbranched alkanes of at least 4 members (excludes halogenated alkanes) is 4. The largest absolute Gasteiger partial charge is 0.394 e. The molecule has 0 heterocycles. The number of rotatable bonds is 11. The summed E-state index contributed by atoms with van der Waals surface area (Å²) < 4.78 is 5.16. The van der Waals surface area contributed by atoms with Gasteiger partial charge in [0.1, 0.15) is 0 Å². The molecule has 0 saturated carbocycles. The molecule has 0 spiro atoms. The van der Waals surface area contributed by atoms with Crippen molar-refractivity contribution in [3.05, 3.63) is 0 Å². The highest BCUT2D eigenvalue weighted by Gasteiger charge is 1.91. The fourth-order valence-electron chi connectivity index (χ4n) is 1.19. The van der Waals surface area contributed by atoms with Gasteiger partial charge in [0.25, 0.3) is 0 Å². The Hall–Kier alpha value is 0.270. The van der Waals surface area contributed by atoms with Crippen LogP contribution in [0.15, 0.2) is 0 Å². The van der Waals surface area contributed by atoms with Crippen LogP contribution in [0.3, 0.4) is 0 Å². The lowest BCUT2D eigenvalue weighted by atomic mass is 10.2. The molecule has 1 N–H and O–H groups in total. The molecule has 3 heteroatoms. The molecule has 0 atom stereocenters. The van der Waals surface area contributed by atoms with Crippen molar-refractivity contribution in [1.82, 2.24) is 0 Å². The number of hydrogen-bond acceptors (Lipinski definition) is 3. The van der Waals surface area contributed by atoms with Crippen molar-refractivity contribution in [1.29, 1.82) is 0 Å². The van der Waals surface area contributed by atoms with E-state index in [1.807, 2.05) is 11.8 Å². The second kappa shape index (κ2) is 13.3. The summed E-state index contributed by atoms with van der Waals surface area (Å²) in [5, 5.41) is 8.46. The van der Waals surface area contributed by atoms with Gasteiger partial charge in [-0.3, -0.25) is 0 Å². The molecule has 0 fully saturated rings. The summed E-state index contributed by atoms with van der Waals surface area (Å²) in [4.78, 5) is 0. The molecule has 0 aliphatic rings. The predicted octanol–water partition coefficient (Wildman–Crippen LogP) is 2.70. The second-order valence-electron chi connectivity index (χ2n) is 3.36. The fourth-order valence-corrected chi connectivity index (χ4v) is 2.04. The third-order valence-electron chi connectivity index (χ3n) is 2.00. The Balaban J connectivity index is 2.78. The Bertz CT molecular complexity index is 87.3. The number of hydrogen-bond donors (Lipinski definition) is 1. The minimum atomic E-state index is 0.141. The summed E-state index contributed by atoms with van der Waals surface area (Å²) in [5.74, 6) is 2.32. The first kappa shape index (κ1) is 14.3. The van der Waals surface area contributed by atoms with E-state index >= 15 is 0 Å². The highest BCUT2D eigenvalue weighted by Crippen LogP contribution is 2.08. The zero-order chi connectivity index (χ0) is 10.5. The Kier molecular flexibility index (Phi) is 13.5. The lowest BCUT2D eigenvalue weighted by Gasteiger charge is -2.02. The van der Waals surface area contributed by atoms with Crippen LogP contribution in [0.2, 0.25) is 0 Å². The first-order valence-corrected chi connectivity index (χ1v) is 6.83. The van der Waals surface area contributed by atoms with E-state index in [4.69, 9.17) is 9.84 Å². The van der Waals surface area contributed by atoms with Gasteiger partial charge in [-0.2, -0.15) is 11.8 Å². The lowest BCUT2D eigenvalue weighted by molar-refractivity contribution is 0.103. The van der Waals surface area contributed by atoms with Crippen LogP contribution in [0, 0.1) is 0 Å². The van der Waals surface area contributed by atoms with E-state index in [-0.39, 0.29) is 6.61 Å². The molecule has 0 aromatic carbocycles. The number of aliphatic hydroxyl groups excluding tert-OH is 1. The van der Waals surface area contributed by atoms with E-state index in [9.17, 15) is 0 Å². The van der Waals surface area contributed by atoms with Crippen molar-refractivity contribution in [2.45, 2.75) is 39.0 Å². The van der Waals surface area contributed by atoms with Gasteiger partial charge in [0.05, 0.1) is 19.8 Å². The van der Waals surface area contributed by atoms with Crippen molar-refractivity contribution in [3.8, 4) is 0 Å². The van der Waals surface area contributed by atoms with E-state index in [1.165, 1.54) is 37.9 Å². The fraction of sp³-hybridized carbons (Fsp3) is 1.00. The maximum absolute atomic E-state index is 8.46. The summed E-state index contributed by atoms with van der Waals surface area (Å²) >= 11 is 1.96. The smallest absolute Gasteiger partial charge is 0.0698 e. The normalized spacial score (nSPS) is 10.7. The molecular weight excluding hydrogens is 196 g/mol. The van der Waals surface area contributed by atoms with Gasteiger partial charge in [-0.25, -0.2) is 0 Å². The monoisotopic (exact) mass is 220 g/mol. The van der Waals surface area contributed by atoms with E-state index < -0.39 is 0 Å². The number of ether oxygens (including phenoxy) is 1. The molecule has 0 aromatic rings. The zero-order valence-corrected chi connectivity index (χ0v) is 10.2. The van der Waals surface area contributed by atoms with Crippen LogP contribution in [-0.2, 0) is 4.74 Å². The topological polar surface area (TPSA) is 29.5 Å². The van der Waals surface area contributed by atoms with Gasteiger partial charge in [0.2, 0.25) is 0 Å². The molecule has 14 heavy (non-hydrogen) atoms. The highest BCUT2D eigenvalue weighted by molar-refractivity contribution is 7.99. The molecule has 86 valence electrons. The van der Waals surface area contributed by atoms with Crippen LogP contribution in [0.5, 0.6) is 0 Å². The summed E-state index contributed by atoms with van der Waals surface area (Å²) in [6.07, 6.45) is 6.80. The van der Waals surface area contributed by atoms with Crippen LogP contribution in [0.1, 0.15) is 39.0 Å². The first-order valence-electron chi connectivity index (χ1n) is 5.68. The average molecular weight is 220 g/mol. The van der Waals surface area contributed by atoms with Gasteiger partial charge in [0, 0.05) is 5.75 Å². The molecule has 0 rings (SSSR count). The van der Waals surface area contributed by atoms with Crippen LogP contribution < -0.4 is 0 Å². The van der Waals surface area contributed by atoms with Crippen LogP contribution in [-0.4, -0.2) is 36.4 Å².